The van der Waals surface area contributed by atoms with Gasteiger partial charge in [0.15, 0.2) is 0 Å². The van der Waals surface area contributed by atoms with Crippen molar-refractivity contribution in [2.24, 2.45) is 5.73 Å². The first-order valence-corrected chi connectivity index (χ1v) is 9.40. The minimum absolute atomic E-state index is 0.314. The van der Waals surface area contributed by atoms with Crippen molar-refractivity contribution in [3.63, 3.8) is 0 Å². The average molecular weight is 330 g/mol. The Morgan fingerprint density at radius 2 is 1.81 bits per heavy atom. The van der Waals surface area contributed by atoms with Gasteiger partial charge in [-0.15, -0.1) is 0 Å². The fourth-order valence-corrected chi connectivity index (χ4v) is 5.49. The second-order valence-electron chi connectivity index (χ2n) is 5.19. The summed E-state index contributed by atoms with van der Waals surface area (Å²) in [4.78, 5) is 0.314. The first-order valence-electron chi connectivity index (χ1n) is 7.02. The molecule has 0 radical (unpaired) electrons. The van der Waals surface area contributed by atoms with E-state index in [1.165, 1.54) is 0 Å². The molecular formula is C14H22N2O3S2. The van der Waals surface area contributed by atoms with E-state index < -0.39 is 10.0 Å². The van der Waals surface area contributed by atoms with E-state index >= 15 is 0 Å². The lowest BCUT2D eigenvalue weighted by atomic mass is 10.3. The van der Waals surface area contributed by atoms with E-state index in [0.29, 0.717) is 47.4 Å². The molecule has 1 aromatic carbocycles. The molecule has 0 saturated carbocycles. The van der Waals surface area contributed by atoms with Crippen LogP contribution >= 0.6 is 11.8 Å². The Bertz CT molecular complexity index is 550. The largest absolute Gasteiger partial charge is 0.492 e. The second-order valence-corrected chi connectivity index (χ2v) is 9.01. The van der Waals surface area contributed by atoms with Crippen LogP contribution in [0.15, 0.2) is 29.2 Å². The van der Waals surface area contributed by atoms with Crippen LogP contribution in [0.1, 0.15) is 13.8 Å². The molecule has 0 aliphatic carbocycles. The highest BCUT2D eigenvalue weighted by Crippen LogP contribution is 2.29. The van der Waals surface area contributed by atoms with E-state index in [2.05, 4.69) is 13.8 Å². The maximum absolute atomic E-state index is 12.7. The Labute approximate surface area is 130 Å². The van der Waals surface area contributed by atoms with Crippen LogP contribution in [0.4, 0.5) is 0 Å². The molecule has 2 rings (SSSR count). The molecule has 1 heterocycles. The quantitative estimate of drug-likeness (QED) is 0.886. The zero-order chi connectivity index (χ0) is 15.5. The summed E-state index contributed by atoms with van der Waals surface area (Å²) in [6, 6.07) is 6.54. The van der Waals surface area contributed by atoms with Crippen LogP contribution in [0.25, 0.3) is 0 Å². The normalized spacial score (nSPS) is 24.0. The first kappa shape index (κ1) is 16.6. The maximum atomic E-state index is 12.7. The predicted molar refractivity (Wildman–Crippen MR) is 86.3 cm³/mol. The summed E-state index contributed by atoms with van der Waals surface area (Å²) in [7, 11) is -3.43. The lowest BCUT2D eigenvalue weighted by Gasteiger charge is -2.33. The molecule has 1 saturated heterocycles. The highest BCUT2D eigenvalue weighted by atomic mass is 32.2. The fraction of sp³-hybridized carbons (Fsp3) is 0.571. The minimum Gasteiger partial charge on any atom is -0.492 e. The molecule has 0 bridgehead atoms. The van der Waals surface area contributed by atoms with Crippen molar-refractivity contribution in [2.75, 3.05) is 26.2 Å². The van der Waals surface area contributed by atoms with E-state index in [9.17, 15) is 8.42 Å². The van der Waals surface area contributed by atoms with E-state index in [0.717, 1.165) is 0 Å². The summed E-state index contributed by atoms with van der Waals surface area (Å²) >= 11 is 1.83. The van der Waals surface area contributed by atoms with Gasteiger partial charge in [0.05, 0.1) is 4.90 Å². The molecule has 2 N–H and O–H groups in total. The van der Waals surface area contributed by atoms with Crippen LogP contribution in [0.3, 0.4) is 0 Å². The Hall–Kier alpha value is -0.760. The molecule has 7 heteroatoms. The molecule has 2 atom stereocenters. The summed E-state index contributed by atoms with van der Waals surface area (Å²) in [6.07, 6.45) is 0. The Morgan fingerprint density at radius 1 is 1.24 bits per heavy atom. The minimum atomic E-state index is -3.43. The van der Waals surface area contributed by atoms with E-state index in [-0.39, 0.29) is 0 Å². The van der Waals surface area contributed by atoms with E-state index in [1.54, 1.807) is 28.6 Å². The molecule has 0 aromatic heterocycles. The van der Waals surface area contributed by atoms with E-state index in [4.69, 9.17) is 10.5 Å². The van der Waals surface area contributed by atoms with Crippen LogP contribution in [0.5, 0.6) is 5.75 Å². The van der Waals surface area contributed by atoms with E-state index in [1.807, 2.05) is 11.8 Å². The molecule has 0 amide bonds. The van der Waals surface area contributed by atoms with Gasteiger partial charge in [-0.25, -0.2) is 8.42 Å². The maximum Gasteiger partial charge on any atom is 0.243 e. The summed E-state index contributed by atoms with van der Waals surface area (Å²) < 4.78 is 32.3. The van der Waals surface area contributed by atoms with Gasteiger partial charge in [0, 0.05) is 30.1 Å². The van der Waals surface area contributed by atoms with Gasteiger partial charge in [-0.1, -0.05) is 13.8 Å². The molecule has 2 unspecified atom stereocenters. The molecule has 0 spiro atoms. The van der Waals surface area contributed by atoms with Crippen molar-refractivity contribution in [1.29, 1.82) is 0 Å². The van der Waals surface area contributed by atoms with Crippen LogP contribution in [0.2, 0.25) is 0 Å². The van der Waals surface area contributed by atoms with Gasteiger partial charge in [0.2, 0.25) is 10.0 Å². The van der Waals surface area contributed by atoms with Gasteiger partial charge in [-0.2, -0.15) is 16.1 Å². The number of rotatable bonds is 5. The van der Waals surface area contributed by atoms with Crippen LogP contribution in [-0.4, -0.2) is 49.5 Å². The standard InChI is InChI=1S/C14H22N2O3S2/c1-11-9-16(10-12(2)20-11)21(17,18)14-5-3-13(4-6-14)19-8-7-15/h3-6,11-12H,7-10,15H2,1-2H3. The van der Waals surface area contributed by atoms with Crippen molar-refractivity contribution in [3.05, 3.63) is 24.3 Å². The summed E-state index contributed by atoms with van der Waals surface area (Å²) in [5, 5.41) is 0.631. The Morgan fingerprint density at radius 3 is 2.33 bits per heavy atom. The molecule has 5 nitrogen and oxygen atoms in total. The summed E-state index contributed by atoms with van der Waals surface area (Å²) in [5.74, 6) is 0.635. The van der Waals surface area contributed by atoms with Crippen molar-refractivity contribution < 1.29 is 13.2 Å². The fourth-order valence-electron chi connectivity index (χ4n) is 2.36. The number of sulfonamides is 1. The SMILES string of the molecule is CC1CN(S(=O)(=O)c2ccc(OCCN)cc2)CC(C)S1. The first-order chi connectivity index (χ1) is 9.93. The lowest BCUT2D eigenvalue weighted by molar-refractivity contribution is 0.328. The molecule has 118 valence electrons. The monoisotopic (exact) mass is 330 g/mol. The number of benzene rings is 1. The smallest absolute Gasteiger partial charge is 0.243 e. The van der Waals surface area contributed by atoms with Gasteiger partial charge in [0.1, 0.15) is 12.4 Å². The molecule has 1 aromatic rings. The van der Waals surface area contributed by atoms with Crippen molar-refractivity contribution in [2.45, 2.75) is 29.2 Å². The third-order valence-electron chi connectivity index (χ3n) is 3.23. The predicted octanol–water partition coefficient (Wildman–Crippen LogP) is 1.54. The third kappa shape index (κ3) is 4.12. The number of thioether (sulfide) groups is 1. The van der Waals surface area contributed by atoms with Crippen molar-refractivity contribution >= 4 is 21.8 Å². The highest BCUT2D eigenvalue weighted by Gasteiger charge is 2.31. The van der Waals surface area contributed by atoms with Gasteiger partial charge in [-0.05, 0) is 24.3 Å². The van der Waals surface area contributed by atoms with Crippen LogP contribution in [0, 0.1) is 0 Å². The second kappa shape index (κ2) is 7.00. The summed E-state index contributed by atoms with van der Waals surface area (Å²) in [6.45, 7) is 6.09. The molecule has 1 aliphatic heterocycles. The zero-order valence-electron chi connectivity index (χ0n) is 12.4. The van der Waals surface area contributed by atoms with Gasteiger partial charge in [0.25, 0.3) is 0 Å². The highest BCUT2D eigenvalue weighted by molar-refractivity contribution is 8.00. The average Bonchev–Trinajstić information content (AvgIpc) is 2.44. The van der Waals surface area contributed by atoms with Crippen LogP contribution < -0.4 is 10.5 Å². The number of hydrogen-bond donors (Lipinski definition) is 1. The van der Waals surface area contributed by atoms with Crippen molar-refractivity contribution in [3.8, 4) is 5.75 Å². The van der Waals surface area contributed by atoms with Gasteiger partial charge < -0.3 is 10.5 Å². The van der Waals surface area contributed by atoms with Crippen LogP contribution in [-0.2, 0) is 10.0 Å². The van der Waals surface area contributed by atoms with Gasteiger partial charge >= 0.3 is 0 Å². The van der Waals surface area contributed by atoms with Crippen molar-refractivity contribution in [1.82, 2.24) is 4.31 Å². The molecular weight excluding hydrogens is 308 g/mol. The summed E-state index contributed by atoms with van der Waals surface area (Å²) in [5.41, 5.74) is 5.37. The number of nitrogens with two attached hydrogens (primary N) is 1. The third-order valence-corrected chi connectivity index (χ3v) is 6.31. The molecule has 1 aliphatic rings. The Balaban J connectivity index is 2.15. The topological polar surface area (TPSA) is 72.6 Å². The zero-order valence-corrected chi connectivity index (χ0v) is 14.0. The molecule has 21 heavy (non-hydrogen) atoms. The number of ether oxygens (including phenoxy) is 1. The van der Waals surface area contributed by atoms with Gasteiger partial charge in [-0.3, -0.25) is 0 Å². The lowest BCUT2D eigenvalue weighted by Crippen LogP contribution is -2.43. The number of hydrogen-bond acceptors (Lipinski definition) is 5. The molecule has 1 fully saturated rings. The number of nitrogens with zero attached hydrogens (tertiary/aromatic N) is 1. The Kier molecular flexibility index (Phi) is 5.54.